The molecular weight excluding hydrogens is 252 g/mol. The van der Waals surface area contributed by atoms with Gasteiger partial charge in [0.05, 0.1) is 25.2 Å². The second-order valence-corrected chi connectivity index (χ2v) is 4.25. The molecule has 0 bridgehead atoms. The summed E-state index contributed by atoms with van der Waals surface area (Å²) < 4.78 is 6.85. The maximum absolute atomic E-state index is 5.13. The molecule has 3 rings (SSSR count). The first kappa shape index (κ1) is 12.2. The van der Waals surface area contributed by atoms with Crippen LogP contribution in [-0.2, 0) is 0 Å². The Morgan fingerprint density at radius 3 is 2.15 bits per heavy atom. The molecule has 0 aliphatic carbocycles. The van der Waals surface area contributed by atoms with Crippen molar-refractivity contribution in [3.63, 3.8) is 0 Å². The second-order valence-electron chi connectivity index (χ2n) is 4.25. The molecule has 5 heteroatoms. The van der Waals surface area contributed by atoms with Crippen molar-refractivity contribution in [3.8, 4) is 11.4 Å². The molecule has 0 fully saturated rings. The first-order chi connectivity index (χ1) is 9.85. The minimum atomic E-state index is 0.845. The van der Waals surface area contributed by atoms with Crippen molar-refractivity contribution in [2.45, 2.75) is 0 Å². The Kier molecular flexibility index (Phi) is 3.33. The lowest BCUT2D eigenvalue weighted by Crippen LogP contribution is -1.96. The molecule has 3 aromatic rings. The van der Waals surface area contributed by atoms with E-state index >= 15 is 0 Å². The zero-order valence-corrected chi connectivity index (χ0v) is 11.0. The highest BCUT2D eigenvalue weighted by Gasteiger charge is 1.99. The molecule has 0 spiro atoms. The molecule has 1 N–H and O–H groups in total. The van der Waals surface area contributed by atoms with Gasteiger partial charge >= 0.3 is 0 Å². The SMILES string of the molecule is COc1ccc(Nc2ccc(-n3ccnn3)cc2)cc1. The maximum atomic E-state index is 5.13. The number of nitrogens with one attached hydrogen (secondary N) is 1. The smallest absolute Gasteiger partial charge is 0.119 e. The van der Waals surface area contributed by atoms with Crippen molar-refractivity contribution in [2.75, 3.05) is 12.4 Å². The van der Waals surface area contributed by atoms with Gasteiger partial charge in [0.1, 0.15) is 5.75 Å². The van der Waals surface area contributed by atoms with Crippen LogP contribution < -0.4 is 10.1 Å². The van der Waals surface area contributed by atoms with E-state index in [1.165, 1.54) is 0 Å². The van der Waals surface area contributed by atoms with E-state index in [1.54, 1.807) is 18.0 Å². The molecule has 5 nitrogen and oxygen atoms in total. The Hall–Kier alpha value is -2.82. The number of rotatable bonds is 4. The topological polar surface area (TPSA) is 52.0 Å². The molecule has 1 heterocycles. The predicted molar refractivity (Wildman–Crippen MR) is 77.6 cm³/mol. The van der Waals surface area contributed by atoms with Gasteiger partial charge < -0.3 is 10.1 Å². The van der Waals surface area contributed by atoms with Gasteiger partial charge in [-0.05, 0) is 48.5 Å². The highest BCUT2D eigenvalue weighted by Crippen LogP contribution is 2.20. The van der Waals surface area contributed by atoms with Crippen LogP contribution in [0.2, 0.25) is 0 Å². The van der Waals surface area contributed by atoms with Crippen LogP contribution in [0.3, 0.4) is 0 Å². The summed E-state index contributed by atoms with van der Waals surface area (Å²) in [6.45, 7) is 0. The van der Waals surface area contributed by atoms with Crippen LogP contribution in [0, 0.1) is 0 Å². The molecular formula is C15H14N4O. The predicted octanol–water partition coefficient (Wildman–Crippen LogP) is 3.02. The van der Waals surface area contributed by atoms with E-state index < -0.39 is 0 Å². The summed E-state index contributed by atoms with van der Waals surface area (Å²) in [5.74, 6) is 0.845. The molecule has 0 atom stereocenters. The highest BCUT2D eigenvalue weighted by atomic mass is 16.5. The molecule has 0 radical (unpaired) electrons. The van der Waals surface area contributed by atoms with E-state index in [9.17, 15) is 0 Å². The fourth-order valence-electron chi connectivity index (χ4n) is 1.88. The van der Waals surface area contributed by atoms with Crippen LogP contribution in [0.1, 0.15) is 0 Å². The number of hydrogen-bond acceptors (Lipinski definition) is 4. The molecule has 0 aliphatic rings. The lowest BCUT2D eigenvalue weighted by Gasteiger charge is -2.08. The summed E-state index contributed by atoms with van der Waals surface area (Å²) in [4.78, 5) is 0. The summed E-state index contributed by atoms with van der Waals surface area (Å²) in [6, 6.07) is 15.8. The van der Waals surface area contributed by atoms with Crippen LogP contribution in [-0.4, -0.2) is 22.1 Å². The number of nitrogens with zero attached hydrogens (tertiary/aromatic N) is 3. The van der Waals surface area contributed by atoms with Crippen molar-refractivity contribution in [1.29, 1.82) is 0 Å². The van der Waals surface area contributed by atoms with Gasteiger partial charge in [0.15, 0.2) is 0 Å². The van der Waals surface area contributed by atoms with Gasteiger partial charge in [0.2, 0.25) is 0 Å². The number of hydrogen-bond donors (Lipinski definition) is 1. The second kappa shape index (κ2) is 5.44. The van der Waals surface area contributed by atoms with Crippen LogP contribution >= 0.6 is 0 Å². The summed E-state index contributed by atoms with van der Waals surface area (Å²) >= 11 is 0. The van der Waals surface area contributed by atoms with Gasteiger partial charge in [-0.3, -0.25) is 0 Å². The van der Waals surface area contributed by atoms with E-state index in [4.69, 9.17) is 4.74 Å². The minimum Gasteiger partial charge on any atom is -0.497 e. The van der Waals surface area contributed by atoms with Crippen molar-refractivity contribution >= 4 is 11.4 Å². The number of aromatic nitrogens is 3. The number of methoxy groups -OCH3 is 1. The molecule has 20 heavy (non-hydrogen) atoms. The third-order valence-electron chi connectivity index (χ3n) is 2.93. The van der Waals surface area contributed by atoms with Gasteiger partial charge in [-0.1, -0.05) is 5.21 Å². The van der Waals surface area contributed by atoms with Gasteiger partial charge in [0.25, 0.3) is 0 Å². The fraction of sp³-hybridized carbons (Fsp3) is 0.0667. The van der Waals surface area contributed by atoms with E-state index in [0.717, 1.165) is 22.8 Å². The van der Waals surface area contributed by atoms with Gasteiger partial charge in [-0.15, -0.1) is 5.10 Å². The minimum absolute atomic E-state index is 0.845. The summed E-state index contributed by atoms with van der Waals surface area (Å²) in [7, 11) is 1.66. The summed E-state index contributed by atoms with van der Waals surface area (Å²) in [5, 5.41) is 11.1. The van der Waals surface area contributed by atoms with E-state index in [-0.39, 0.29) is 0 Å². The largest absolute Gasteiger partial charge is 0.497 e. The van der Waals surface area contributed by atoms with Crippen molar-refractivity contribution in [3.05, 3.63) is 60.9 Å². The molecule has 0 saturated carbocycles. The quantitative estimate of drug-likeness (QED) is 0.788. The number of benzene rings is 2. The lowest BCUT2D eigenvalue weighted by molar-refractivity contribution is 0.415. The van der Waals surface area contributed by atoms with E-state index in [1.807, 2.05) is 54.7 Å². The Balaban J connectivity index is 1.74. The van der Waals surface area contributed by atoms with Crippen molar-refractivity contribution in [2.24, 2.45) is 0 Å². The van der Waals surface area contributed by atoms with Crippen LogP contribution in [0.25, 0.3) is 5.69 Å². The zero-order chi connectivity index (χ0) is 13.8. The molecule has 1 aromatic heterocycles. The third-order valence-corrected chi connectivity index (χ3v) is 2.93. The molecule has 0 amide bonds. The Morgan fingerprint density at radius 1 is 0.950 bits per heavy atom. The van der Waals surface area contributed by atoms with Gasteiger partial charge in [-0.2, -0.15) is 0 Å². The summed E-state index contributed by atoms with van der Waals surface area (Å²) in [5.41, 5.74) is 3.00. The van der Waals surface area contributed by atoms with Gasteiger partial charge in [-0.25, -0.2) is 4.68 Å². The fourth-order valence-corrected chi connectivity index (χ4v) is 1.88. The Bertz CT molecular complexity index is 660. The molecule has 100 valence electrons. The molecule has 0 aliphatic heterocycles. The third kappa shape index (κ3) is 2.61. The zero-order valence-electron chi connectivity index (χ0n) is 11.0. The van der Waals surface area contributed by atoms with Gasteiger partial charge in [0, 0.05) is 11.4 Å². The van der Waals surface area contributed by atoms with Crippen molar-refractivity contribution in [1.82, 2.24) is 15.0 Å². The Labute approximate surface area is 116 Å². The standard InChI is InChI=1S/C15H14N4O/c1-20-15-8-4-13(5-9-15)17-12-2-6-14(7-3-12)19-11-10-16-18-19/h2-11,17H,1H3. The van der Waals surface area contributed by atoms with E-state index in [0.29, 0.717) is 0 Å². The van der Waals surface area contributed by atoms with Crippen LogP contribution in [0.15, 0.2) is 60.9 Å². The molecule has 2 aromatic carbocycles. The van der Waals surface area contributed by atoms with E-state index in [2.05, 4.69) is 15.6 Å². The first-order valence-electron chi connectivity index (χ1n) is 6.23. The average Bonchev–Trinajstić information content (AvgIpc) is 3.03. The maximum Gasteiger partial charge on any atom is 0.119 e. The lowest BCUT2D eigenvalue weighted by atomic mass is 10.2. The molecule has 0 unspecified atom stereocenters. The average molecular weight is 266 g/mol. The summed E-state index contributed by atoms with van der Waals surface area (Å²) in [6.07, 6.45) is 3.47. The number of anilines is 2. The van der Waals surface area contributed by atoms with Crippen LogP contribution in [0.4, 0.5) is 11.4 Å². The monoisotopic (exact) mass is 266 g/mol. The molecule has 0 saturated heterocycles. The first-order valence-corrected chi connectivity index (χ1v) is 6.23. The Morgan fingerprint density at radius 2 is 1.60 bits per heavy atom. The highest BCUT2D eigenvalue weighted by molar-refractivity contribution is 5.61. The number of ether oxygens (including phenoxy) is 1. The normalized spacial score (nSPS) is 10.2. The van der Waals surface area contributed by atoms with Crippen LogP contribution in [0.5, 0.6) is 5.75 Å². The van der Waals surface area contributed by atoms with Crippen molar-refractivity contribution < 1.29 is 4.74 Å².